The zero-order valence-electron chi connectivity index (χ0n) is 29.7. The second kappa shape index (κ2) is 21.5. The molecule has 2 aromatic carbocycles. The zero-order chi connectivity index (χ0) is 37.3. The Morgan fingerprint density at radius 2 is 1.18 bits per heavy atom. The Balaban J connectivity index is 2.67. The van der Waals surface area contributed by atoms with Crippen molar-refractivity contribution < 1.29 is 31.1 Å². The minimum atomic E-state index is -4.52. The molecule has 0 radical (unpaired) electrons. The molecule has 7 nitrogen and oxygen atoms in total. The average Bonchev–Trinajstić information content (AvgIpc) is 3.09. The number of hydrogen-bond donors (Lipinski definition) is 0. The Morgan fingerprint density at radius 1 is 0.720 bits per heavy atom. The monoisotopic (exact) mass is 898 g/mol. The fourth-order valence-electron chi connectivity index (χ4n) is 6.21. The summed E-state index contributed by atoms with van der Waals surface area (Å²) in [6.45, 7) is 7.87. The van der Waals surface area contributed by atoms with Crippen molar-refractivity contribution >= 4 is 79.0 Å². The summed E-state index contributed by atoms with van der Waals surface area (Å²) in [6, 6.07) is 15.4. The molecule has 0 atom stereocenters. The molecule has 0 aliphatic heterocycles. The topological polar surface area (TPSA) is 104 Å². The number of hydrogen-bond acceptors (Lipinski definition) is 7. The molecule has 2 aromatic rings. The molecule has 0 aromatic heterocycles. The third kappa shape index (κ3) is 13.3. The fraction of sp³-hybridized carbons (Fsp3) is 0.541. The second-order valence-electron chi connectivity index (χ2n) is 12.9. The number of benzene rings is 2. The summed E-state index contributed by atoms with van der Waals surface area (Å²) in [5.41, 5.74) is 1.06. The van der Waals surface area contributed by atoms with Gasteiger partial charge in [0.05, 0.1) is 0 Å². The molecule has 13 heteroatoms. The molecule has 2 rings (SSSR count). The molecule has 0 fully saturated rings. The first-order chi connectivity index (χ1) is 23.6. The molecule has 0 heterocycles. The maximum atomic E-state index is 14.8. The first-order valence-corrected chi connectivity index (χ1v) is 29.5. The molecule has 0 unspecified atom stereocenters. The van der Waals surface area contributed by atoms with E-state index in [0.717, 1.165) is 29.3 Å². The number of rotatable bonds is 22. The van der Waals surface area contributed by atoms with E-state index >= 15 is 0 Å². The van der Waals surface area contributed by atoms with E-state index in [1.807, 2.05) is 13.0 Å². The predicted octanol–water partition coefficient (Wildman–Crippen LogP) is 11.3. The van der Waals surface area contributed by atoms with Crippen LogP contribution in [0.2, 0.25) is 17.7 Å². The average molecular weight is 899 g/mol. The quantitative estimate of drug-likeness (QED) is 0.0502. The van der Waals surface area contributed by atoms with Gasteiger partial charge in [-0.2, -0.15) is 0 Å². The van der Waals surface area contributed by atoms with Gasteiger partial charge in [0.2, 0.25) is 3.79 Å². The number of alkyl halides is 3. The molecule has 0 aliphatic rings. The van der Waals surface area contributed by atoms with Crippen LogP contribution in [0.25, 0.3) is 0 Å². The minimum absolute atomic E-state index is 0.0900. The van der Waals surface area contributed by atoms with Gasteiger partial charge in [-0.1, -0.05) is 34.8 Å². The van der Waals surface area contributed by atoms with Crippen LogP contribution < -0.4 is 0 Å². The Bertz CT molecular complexity index is 1500. The van der Waals surface area contributed by atoms with Gasteiger partial charge in [0, 0.05) is 0 Å². The standard InChI is InChI=1S/C25H26Cl3O7S2.3C4H9.Sn/c1-20(2)15-17-24(36(30,31)21-11-5-3-6-12-21,37(32,33)22-13-7-4-8-14-22)16-9-10-18-34-23(29)35-19-25(26,27)28;3*1-3-4-2;/h3-15H,1,16-19H2,2H3;3*1,3-4H2,2H3;/b10-9-,20-15-;;;;. The van der Waals surface area contributed by atoms with Crippen molar-refractivity contribution in [1.82, 2.24) is 0 Å². The molecule has 0 saturated carbocycles. The first kappa shape index (κ1) is 44.9. The van der Waals surface area contributed by atoms with Gasteiger partial charge >= 0.3 is 277 Å². The van der Waals surface area contributed by atoms with Crippen molar-refractivity contribution in [3.05, 3.63) is 84.5 Å². The summed E-state index contributed by atoms with van der Waals surface area (Å²) in [5, 5.41) is 0. The number of carbonyl (C=O) groups is 1. The van der Waals surface area contributed by atoms with Crippen molar-refractivity contribution in [2.45, 2.75) is 114 Å². The third-order valence-electron chi connectivity index (χ3n) is 8.93. The van der Waals surface area contributed by atoms with Gasteiger partial charge in [-0.3, -0.25) is 0 Å². The first-order valence-electron chi connectivity index (χ1n) is 17.4. The summed E-state index contributed by atoms with van der Waals surface area (Å²) < 4.78 is 69.6. The van der Waals surface area contributed by atoms with Gasteiger partial charge in [0.1, 0.15) is 6.61 Å². The molecular weight excluding hydrogens is 846 g/mol. The molecule has 0 spiro atoms. The summed E-state index contributed by atoms with van der Waals surface area (Å²) in [5.74, 6) is 0. The number of halogens is 3. The van der Waals surface area contributed by atoms with E-state index in [0.29, 0.717) is 0 Å². The predicted molar refractivity (Wildman–Crippen MR) is 209 cm³/mol. The summed E-state index contributed by atoms with van der Waals surface area (Å²) >= 11 is 14.2. The Labute approximate surface area is 319 Å². The van der Waals surface area contributed by atoms with E-state index < -0.39 is 65.1 Å². The van der Waals surface area contributed by atoms with Crippen LogP contribution in [0.15, 0.2) is 94.3 Å². The van der Waals surface area contributed by atoms with Crippen LogP contribution >= 0.6 is 34.8 Å². The number of unbranched alkanes of at least 4 members (excludes halogenated alkanes) is 3. The van der Waals surface area contributed by atoms with E-state index in [1.165, 1.54) is 69.0 Å². The van der Waals surface area contributed by atoms with E-state index in [4.69, 9.17) is 44.3 Å². The van der Waals surface area contributed by atoms with Crippen LogP contribution in [-0.4, -0.2) is 62.5 Å². The van der Waals surface area contributed by atoms with E-state index in [-0.39, 0.29) is 22.8 Å². The molecular formula is C37H53Cl3O7S2Sn. The molecule has 0 aliphatic carbocycles. The van der Waals surface area contributed by atoms with Crippen molar-refractivity contribution in [1.29, 1.82) is 0 Å². The SMILES string of the molecule is CCC[CH2][Sn]([CH2]CCC)([CH2]CCC)[CH2]/C(C)=C/CC(C/C=C\COC(=O)OCC(Cl)(Cl)Cl)(S(=O)(=O)c1ccccc1)S(=O)(=O)c1ccccc1. The number of allylic oxidation sites excluding steroid dienone is 3. The van der Waals surface area contributed by atoms with Crippen LogP contribution in [0.4, 0.5) is 4.79 Å². The van der Waals surface area contributed by atoms with Gasteiger partial charge in [-0.15, -0.1) is 0 Å². The van der Waals surface area contributed by atoms with Crippen LogP contribution in [0.5, 0.6) is 0 Å². The van der Waals surface area contributed by atoms with Gasteiger partial charge in [0.25, 0.3) is 0 Å². The van der Waals surface area contributed by atoms with Crippen molar-refractivity contribution in [3.8, 4) is 0 Å². The molecule has 280 valence electrons. The summed E-state index contributed by atoms with van der Waals surface area (Å²) in [6.07, 6.45) is 9.93. The van der Waals surface area contributed by atoms with Crippen LogP contribution in [0, 0.1) is 0 Å². The summed E-state index contributed by atoms with van der Waals surface area (Å²) in [7, 11) is -9.04. The number of sulfone groups is 2. The molecule has 0 saturated heterocycles. The summed E-state index contributed by atoms with van der Waals surface area (Å²) in [4.78, 5) is 11.8. The van der Waals surface area contributed by atoms with Gasteiger partial charge in [-0.05, 0) is 0 Å². The van der Waals surface area contributed by atoms with Gasteiger partial charge in [-0.25, -0.2) is 0 Å². The van der Waals surface area contributed by atoms with Crippen molar-refractivity contribution in [3.63, 3.8) is 0 Å². The maximum absolute atomic E-state index is 14.8. The van der Waals surface area contributed by atoms with Crippen LogP contribution in [0.3, 0.4) is 0 Å². The van der Waals surface area contributed by atoms with E-state index in [9.17, 15) is 21.6 Å². The van der Waals surface area contributed by atoms with E-state index in [1.54, 1.807) is 36.4 Å². The Kier molecular flexibility index (Phi) is 19.3. The Hall–Kier alpha value is -1.24. The third-order valence-corrected chi connectivity index (χ3v) is 30.8. The van der Waals surface area contributed by atoms with Crippen LogP contribution in [0.1, 0.15) is 79.1 Å². The molecule has 0 N–H and O–H groups in total. The Morgan fingerprint density at radius 3 is 1.60 bits per heavy atom. The number of carbonyl (C=O) groups excluding carboxylic acids is 1. The van der Waals surface area contributed by atoms with Gasteiger partial charge in [0.15, 0.2) is 0 Å². The van der Waals surface area contributed by atoms with Gasteiger partial charge < -0.3 is 0 Å². The molecule has 0 amide bonds. The molecule has 50 heavy (non-hydrogen) atoms. The van der Waals surface area contributed by atoms with Crippen molar-refractivity contribution in [2.75, 3.05) is 13.2 Å². The van der Waals surface area contributed by atoms with E-state index in [2.05, 4.69) is 20.8 Å². The van der Waals surface area contributed by atoms with Crippen LogP contribution in [-0.2, 0) is 29.1 Å². The van der Waals surface area contributed by atoms with Crippen molar-refractivity contribution in [2.24, 2.45) is 0 Å². The fourth-order valence-corrected chi connectivity index (χ4v) is 28.1. The second-order valence-corrected chi connectivity index (χ2v) is 34.1. The number of ether oxygens (including phenoxy) is 2. The molecule has 0 bridgehead atoms. The normalized spacial score (nSPS) is 13.5. The zero-order valence-corrected chi connectivity index (χ0v) is 36.5.